The summed E-state index contributed by atoms with van der Waals surface area (Å²) in [4.78, 5) is 4.78. The molecule has 1 unspecified atom stereocenters. The van der Waals surface area contributed by atoms with Gasteiger partial charge < -0.3 is 5.73 Å². The Morgan fingerprint density at radius 3 is 1.88 bits per heavy atom. The van der Waals surface area contributed by atoms with Crippen molar-refractivity contribution in [1.29, 1.82) is 0 Å². The van der Waals surface area contributed by atoms with E-state index in [9.17, 15) is 0 Å². The normalized spacial score (nSPS) is 14.8. The lowest BCUT2D eigenvalue weighted by atomic mass is 9.82. The fraction of sp³-hybridized carbons (Fsp3) is 0.667. The Morgan fingerprint density at radius 2 is 1.53 bits per heavy atom. The molecule has 0 saturated carbocycles. The molecule has 0 aliphatic carbocycles. The minimum atomic E-state index is -0.0217. The highest BCUT2D eigenvalue weighted by Gasteiger charge is 2.24. The second kappa shape index (κ2) is 4.41. The van der Waals surface area contributed by atoms with Gasteiger partial charge in [-0.1, -0.05) is 47.6 Å². The smallest absolute Gasteiger partial charge is 0.0608 e. The minimum Gasteiger partial charge on any atom is -0.323 e. The molecule has 0 aromatic carbocycles. The van der Waals surface area contributed by atoms with Crippen LogP contribution in [0.3, 0.4) is 0 Å². The molecule has 0 bridgehead atoms. The van der Waals surface area contributed by atoms with Crippen LogP contribution in [-0.4, -0.2) is 4.98 Å². The van der Waals surface area contributed by atoms with Gasteiger partial charge in [0, 0.05) is 17.2 Å². The Balaban J connectivity index is 3.38. The van der Waals surface area contributed by atoms with Gasteiger partial charge in [-0.25, -0.2) is 0 Å². The molecular weight excluding hydrogens is 208 g/mol. The molecule has 0 fully saturated rings. The van der Waals surface area contributed by atoms with Gasteiger partial charge in [-0.3, -0.25) is 4.98 Å². The van der Waals surface area contributed by atoms with Crippen molar-refractivity contribution in [1.82, 2.24) is 4.98 Å². The van der Waals surface area contributed by atoms with Crippen molar-refractivity contribution in [2.24, 2.45) is 5.73 Å². The quantitative estimate of drug-likeness (QED) is 0.804. The van der Waals surface area contributed by atoms with Gasteiger partial charge in [-0.2, -0.15) is 0 Å². The molecule has 2 nitrogen and oxygen atoms in total. The molecule has 1 rings (SSSR count). The maximum Gasteiger partial charge on any atom is 0.0608 e. The van der Waals surface area contributed by atoms with Crippen LogP contribution in [0.2, 0.25) is 0 Å². The van der Waals surface area contributed by atoms with E-state index < -0.39 is 0 Å². The largest absolute Gasteiger partial charge is 0.323 e. The van der Waals surface area contributed by atoms with Gasteiger partial charge in [0.1, 0.15) is 0 Å². The van der Waals surface area contributed by atoms with E-state index in [1.165, 1.54) is 5.56 Å². The molecule has 0 aliphatic heterocycles. The van der Waals surface area contributed by atoms with Crippen molar-refractivity contribution in [2.75, 3.05) is 0 Å². The monoisotopic (exact) mass is 234 g/mol. The van der Waals surface area contributed by atoms with Crippen molar-refractivity contribution in [2.45, 2.75) is 65.3 Å². The van der Waals surface area contributed by atoms with E-state index in [0.29, 0.717) is 0 Å². The number of rotatable bonds is 1. The predicted octanol–water partition coefficient (Wildman–Crippen LogP) is 3.70. The fourth-order valence-corrected chi connectivity index (χ4v) is 1.87. The molecule has 1 aromatic heterocycles. The topological polar surface area (TPSA) is 38.9 Å². The molecule has 1 aromatic rings. The zero-order valence-electron chi connectivity index (χ0n) is 12.3. The Morgan fingerprint density at radius 1 is 1.00 bits per heavy atom. The van der Waals surface area contributed by atoms with Crippen molar-refractivity contribution in [3.05, 3.63) is 29.1 Å². The zero-order chi connectivity index (χ0) is 13.4. The lowest BCUT2D eigenvalue weighted by molar-refractivity contribution is 0.538. The van der Waals surface area contributed by atoms with Crippen molar-refractivity contribution < 1.29 is 0 Å². The van der Waals surface area contributed by atoms with Gasteiger partial charge in [0.05, 0.1) is 5.69 Å². The molecular formula is C15H26N2. The van der Waals surface area contributed by atoms with Crippen LogP contribution in [0.5, 0.6) is 0 Å². The van der Waals surface area contributed by atoms with Crippen LogP contribution in [0.15, 0.2) is 12.1 Å². The van der Waals surface area contributed by atoms with Gasteiger partial charge in [0.2, 0.25) is 0 Å². The Hall–Kier alpha value is -0.890. The lowest BCUT2D eigenvalue weighted by Gasteiger charge is -2.27. The van der Waals surface area contributed by atoms with E-state index >= 15 is 0 Å². The summed E-state index contributed by atoms with van der Waals surface area (Å²) in [5, 5.41) is 0. The van der Waals surface area contributed by atoms with Gasteiger partial charge >= 0.3 is 0 Å². The van der Waals surface area contributed by atoms with Crippen LogP contribution in [-0.2, 0) is 10.8 Å². The molecule has 0 radical (unpaired) electrons. The summed E-state index contributed by atoms with van der Waals surface area (Å²) in [6.07, 6.45) is 0. The Kier molecular flexibility index (Phi) is 3.68. The van der Waals surface area contributed by atoms with E-state index in [0.717, 1.165) is 11.4 Å². The van der Waals surface area contributed by atoms with E-state index in [2.05, 4.69) is 53.7 Å². The molecule has 0 spiro atoms. The van der Waals surface area contributed by atoms with Crippen molar-refractivity contribution >= 4 is 0 Å². The van der Waals surface area contributed by atoms with Crippen LogP contribution in [0.1, 0.15) is 71.5 Å². The molecule has 1 heterocycles. The van der Waals surface area contributed by atoms with Crippen LogP contribution in [0.4, 0.5) is 0 Å². The zero-order valence-corrected chi connectivity index (χ0v) is 12.3. The van der Waals surface area contributed by atoms with Crippen molar-refractivity contribution in [3.8, 4) is 0 Å². The first kappa shape index (κ1) is 14.2. The van der Waals surface area contributed by atoms with Crippen LogP contribution >= 0.6 is 0 Å². The predicted molar refractivity (Wildman–Crippen MR) is 74.2 cm³/mol. The number of hydrogen-bond donors (Lipinski definition) is 1. The van der Waals surface area contributed by atoms with E-state index in [4.69, 9.17) is 10.7 Å². The van der Waals surface area contributed by atoms with Gasteiger partial charge in [0.15, 0.2) is 0 Å². The number of hydrogen-bond acceptors (Lipinski definition) is 2. The van der Waals surface area contributed by atoms with Gasteiger partial charge in [-0.15, -0.1) is 0 Å². The van der Waals surface area contributed by atoms with Gasteiger partial charge in [-0.05, 0) is 24.0 Å². The van der Waals surface area contributed by atoms with E-state index in [-0.39, 0.29) is 16.9 Å². The average Bonchev–Trinajstić information content (AvgIpc) is 2.14. The summed E-state index contributed by atoms with van der Waals surface area (Å²) < 4.78 is 0. The number of aromatic nitrogens is 1. The van der Waals surface area contributed by atoms with E-state index in [1.54, 1.807) is 0 Å². The highest BCUT2D eigenvalue weighted by molar-refractivity contribution is 5.32. The highest BCUT2D eigenvalue weighted by atomic mass is 14.8. The number of nitrogens with zero attached hydrogens (tertiary/aromatic N) is 1. The molecule has 0 saturated heterocycles. The van der Waals surface area contributed by atoms with Crippen molar-refractivity contribution in [3.63, 3.8) is 0 Å². The SMILES string of the molecule is CC(N)c1nc(C(C)(C)C)ccc1C(C)(C)C. The lowest BCUT2D eigenvalue weighted by Crippen LogP contribution is -2.23. The van der Waals surface area contributed by atoms with Crippen LogP contribution in [0.25, 0.3) is 0 Å². The van der Waals surface area contributed by atoms with Crippen LogP contribution in [0, 0.1) is 0 Å². The molecule has 0 amide bonds. The number of pyridine rings is 1. The summed E-state index contributed by atoms with van der Waals surface area (Å²) in [7, 11) is 0. The minimum absolute atomic E-state index is 0.0217. The molecule has 17 heavy (non-hydrogen) atoms. The summed E-state index contributed by atoms with van der Waals surface area (Å²) in [6, 6.07) is 4.30. The first-order chi connectivity index (χ1) is 7.53. The standard InChI is InChI=1S/C15H26N2/c1-10(16)13-11(14(2,3)4)8-9-12(17-13)15(5,6)7/h8-10H,16H2,1-7H3. The third-order valence-corrected chi connectivity index (χ3v) is 2.93. The Labute approximate surface area is 106 Å². The Bertz CT molecular complexity index is 392. The highest BCUT2D eigenvalue weighted by Crippen LogP contribution is 2.30. The first-order valence-corrected chi connectivity index (χ1v) is 6.31. The summed E-state index contributed by atoms with van der Waals surface area (Å²) >= 11 is 0. The third-order valence-electron chi connectivity index (χ3n) is 2.93. The molecule has 96 valence electrons. The fourth-order valence-electron chi connectivity index (χ4n) is 1.87. The maximum absolute atomic E-state index is 6.06. The second-order valence-corrected chi connectivity index (χ2v) is 6.92. The third kappa shape index (κ3) is 3.29. The summed E-state index contributed by atoms with van der Waals surface area (Å²) in [5.74, 6) is 0. The second-order valence-electron chi connectivity index (χ2n) is 6.92. The van der Waals surface area contributed by atoms with E-state index in [1.807, 2.05) is 6.92 Å². The van der Waals surface area contributed by atoms with Crippen LogP contribution < -0.4 is 5.73 Å². The molecule has 2 N–H and O–H groups in total. The number of nitrogens with two attached hydrogens (primary N) is 1. The first-order valence-electron chi connectivity index (χ1n) is 6.31. The molecule has 0 aliphatic rings. The molecule has 2 heteroatoms. The summed E-state index contributed by atoms with van der Waals surface area (Å²) in [6.45, 7) is 15.1. The summed E-state index contributed by atoms with van der Waals surface area (Å²) in [5.41, 5.74) is 9.61. The molecule has 1 atom stereocenters. The maximum atomic E-state index is 6.06. The van der Waals surface area contributed by atoms with Gasteiger partial charge in [0.25, 0.3) is 0 Å². The average molecular weight is 234 g/mol.